The van der Waals surface area contributed by atoms with Gasteiger partial charge in [-0.1, -0.05) is 101 Å². The first-order chi connectivity index (χ1) is 29.8. The quantitative estimate of drug-likeness (QED) is 0.106. The van der Waals surface area contributed by atoms with Gasteiger partial charge in [-0.2, -0.15) is 0 Å². The highest BCUT2D eigenvalue weighted by atomic mass is 35.5. The topological polar surface area (TPSA) is 123 Å². The Morgan fingerprint density at radius 1 is 0.581 bits per heavy atom. The number of hydrogen-bond acceptors (Lipinski definition) is 6. The number of ether oxygens (including phenoxy) is 2. The van der Waals surface area contributed by atoms with E-state index < -0.39 is 6.10 Å². The van der Waals surface area contributed by atoms with Crippen molar-refractivity contribution < 1.29 is 19.4 Å². The van der Waals surface area contributed by atoms with E-state index in [9.17, 15) is 9.90 Å². The van der Waals surface area contributed by atoms with E-state index in [0.29, 0.717) is 61.4 Å². The minimum atomic E-state index is -0.844. The first kappa shape index (κ1) is 44.3. The highest BCUT2D eigenvalue weighted by Gasteiger charge is 2.19. The highest BCUT2D eigenvalue weighted by molar-refractivity contribution is 6.42. The van der Waals surface area contributed by atoms with Crippen molar-refractivity contribution in [3.63, 3.8) is 0 Å². The second-order valence-electron chi connectivity index (χ2n) is 14.8. The number of imidazole rings is 2. The van der Waals surface area contributed by atoms with Gasteiger partial charge in [0.05, 0.1) is 88.7 Å². The first-order valence-electron chi connectivity index (χ1n) is 19.6. The molecule has 0 fully saturated rings. The molecule has 0 aliphatic heterocycles. The van der Waals surface area contributed by atoms with Crippen molar-refractivity contribution in [2.24, 2.45) is 0 Å². The number of halogens is 4. The Labute approximate surface area is 378 Å². The van der Waals surface area contributed by atoms with E-state index >= 15 is 0 Å². The predicted octanol–water partition coefficient (Wildman–Crippen LogP) is 10.8. The second kappa shape index (κ2) is 19.1. The third-order valence-corrected chi connectivity index (χ3v) is 12.4. The number of carbonyl (C=O) groups excluding carboxylic acids is 1. The number of aromatic nitrogens is 4. The number of nitrogens with zero attached hydrogens (tertiary/aromatic N) is 4. The van der Waals surface area contributed by atoms with Crippen LogP contribution in [0.4, 0.5) is 0 Å². The Morgan fingerprint density at radius 2 is 1.06 bits per heavy atom. The number of rotatable bonds is 12. The van der Waals surface area contributed by atoms with Crippen LogP contribution in [-0.4, -0.2) is 43.4 Å². The summed E-state index contributed by atoms with van der Waals surface area (Å²) in [5.74, 6) is 1.26. The zero-order valence-corrected chi connectivity index (χ0v) is 37.4. The van der Waals surface area contributed by atoms with E-state index in [4.69, 9.17) is 66.7 Å². The molecular formula is C48H44Cl4N6O4. The number of aliphatic hydroxyl groups excluding tert-OH is 1. The third-order valence-electron chi connectivity index (χ3n) is 11.0. The largest absolute Gasteiger partial charge is 0.497 e. The zero-order valence-electron chi connectivity index (χ0n) is 34.4. The van der Waals surface area contributed by atoms with E-state index in [2.05, 4.69) is 19.1 Å². The molecule has 14 heteroatoms. The Hall–Kier alpha value is -5.75. The third kappa shape index (κ3) is 9.35. The minimum Gasteiger partial charge on any atom is -0.497 e. The molecule has 1 atom stereocenters. The van der Waals surface area contributed by atoms with Gasteiger partial charge in [0.2, 0.25) is 11.2 Å². The fourth-order valence-corrected chi connectivity index (χ4v) is 7.98. The molecule has 6 aromatic carbocycles. The minimum absolute atomic E-state index is 0.0143. The second-order valence-corrected chi connectivity index (χ2v) is 16.4. The molecule has 0 saturated carbocycles. The van der Waals surface area contributed by atoms with Gasteiger partial charge in [0.15, 0.2) is 5.78 Å². The summed E-state index contributed by atoms with van der Waals surface area (Å²) < 4.78 is 18.1. The van der Waals surface area contributed by atoms with Gasteiger partial charge in [0.1, 0.15) is 11.5 Å². The first-order valence-corrected chi connectivity index (χ1v) is 21.1. The number of Topliss-reactive ketones (excluding diaryl/α,β-unsaturated/α-hetero) is 1. The fourth-order valence-electron chi connectivity index (χ4n) is 7.38. The van der Waals surface area contributed by atoms with Gasteiger partial charge in [-0.05, 0) is 96.3 Å². The van der Waals surface area contributed by atoms with Crippen LogP contribution in [0.25, 0.3) is 22.1 Å². The molecule has 0 bridgehead atoms. The lowest BCUT2D eigenvalue weighted by molar-refractivity contribution is 0.0971. The monoisotopic (exact) mass is 908 g/mol. The van der Waals surface area contributed by atoms with Gasteiger partial charge in [-0.15, -0.1) is 0 Å². The molecule has 10 nitrogen and oxygen atoms in total. The SMILES string of the molecule is COc1ccc2c(c1)n(Cc1ccccc1C)c(=N)n2CC(=O)c1ccc(Cl)c(Cl)c1.COc1ccc2c(c1)n(Cc1ccccc1C)c(=N)n2CC(O)c1ccc(Cl)c(Cl)c1. The number of aliphatic hydroxyl groups is 1. The smallest absolute Gasteiger partial charge is 0.203 e. The lowest BCUT2D eigenvalue weighted by Gasteiger charge is -2.14. The van der Waals surface area contributed by atoms with Crippen LogP contribution in [0.15, 0.2) is 121 Å². The van der Waals surface area contributed by atoms with E-state index in [1.165, 1.54) is 0 Å². The molecule has 0 spiro atoms. The summed E-state index contributed by atoms with van der Waals surface area (Å²) in [4.78, 5) is 13.0. The van der Waals surface area contributed by atoms with Gasteiger partial charge in [-0.3, -0.25) is 15.6 Å². The van der Waals surface area contributed by atoms with Crippen LogP contribution in [0, 0.1) is 24.7 Å². The van der Waals surface area contributed by atoms with Crippen LogP contribution in [0.5, 0.6) is 11.5 Å². The van der Waals surface area contributed by atoms with Crippen LogP contribution in [-0.2, 0) is 26.2 Å². The number of fused-ring (bicyclic) bond motifs is 2. The molecule has 1 unspecified atom stereocenters. The van der Waals surface area contributed by atoms with Crippen molar-refractivity contribution in [1.29, 1.82) is 10.8 Å². The highest BCUT2D eigenvalue weighted by Crippen LogP contribution is 2.29. The lowest BCUT2D eigenvalue weighted by Crippen LogP contribution is -2.27. The van der Waals surface area contributed by atoms with Gasteiger partial charge >= 0.3 is 0 Å². The Bertz CT molecular complexity index is 3080. The van der Waals surface area contributed by atoms with Crippen molar-refractivity contribution in [2.45, 2.75) is 46.1 Å². The molecule has 0 aliphatic rings. The number of methoxy groups -OCH3 is 2. The van der Waals surface area contributed by atoms with Gasteiger partial charge < -0.3 is 32.8 Å². The van der Waals surface area contributed by atoms with Gasteiger partial charge in [0.25, 0.3) is 0 Å². The molecule has 0 saturated heterocycles. The summed E-state index contributed by atoms with van der Waals surface area (Å²) in [6, 6.07) is 37.4. The number of benzene rings is 6. The maximum atomic E-state index is 13.0. The number of nitrogens with one attached hydrogen (secondary N) is 2. The maximum Gasteiger partial charge on any atom is 0.203 e. The van der Waals surface area contributed by atoms with Crippen molar-refractivity contribution in [1.82, 2.24) is 18.3 Å². The number of ketones is 1. The molecule has 0 aliphatic carbocycles. The van der Waals surface area contributed by atoms with Gasteiger partial charge in [0, 0.05) is 17.7 Å². The summed E-state index contributed by atoms with van der Waals surface area (Å²) >= 11 is 24.2. The van der Waals surface area contributed by atoms with E-state index in [1.54, 1.807) is 59.8 Å². The number of aryl methyl sites for hydroxylation is 2. The average Bonchev–Trinajstić information content (AvgIpc) is 3.67. The van der Waals surface area contributed by atoms with Crippen molar-refractivity contribution in [2.75, 3.05) is 14.2 Å². The predicted molar refractivity (Wildman–Crippen MR) is 247 cm³/mol. The molecule has 2 heterocycles. The molecule has 2 aromatic heterocycles. The van der Waals surface area contributed by atoms with Crippen LogP contribution < -0.4 is 20.7 Å². The normalized spacial score (nSPS) is 11.7. The number of hydrogen-bond donors (Lipinski definition) is 3. The molecule has 318 valence electrons. The van der Waals surface area contributed by atoms with E-state index in [1.807, 2.05) is 88.9 Å². The molecule has 0 radical (unpaired) electrons. The summed E-state index contributed by atoms with van der Waals surface area (Å²) in [7, 11) is 3.23. The summed E-state index contributed by atoms with van der Waals surface area (Å²) in [6.45, 7) is 5.40. The number of carbonyl (C=O) groups is 1. The van der Waals surface area contributed by atoms with E-state index in [-0.39, 0.29) is 24.5 Å². The Balaban J connectivity index is 0.000000186. The molecule has 62 heavy (non-hydrogen) atoms. The summed E-state index contributed by atoms with van der Waals surface area (Å²) in [6.07, 6.45) is -0.844. The molecule has 3 N–H and O–H groups in total. The van der Waals surface area contributed by atoms with Crippen molar-refractivity contribution >= 4 is 74.3 Å². The van der Waals surface area contributed by atoms with Crippen molar-refractivity contribution in [3.8, 4) is 11.5 Å². The maximum absolute atomic E-state index is 13.0. The fraction of sp³-hybridized carbons (Fsp3) is 0.188. The molecule has 8 rings (SSSR count). The standard InChI is InChI=1S/C24H23Cl2N3O2.C24H21Cl2N3O2/c2*1-15-5-3-4-6-17(15)13-28-22-12-18(31-2)8-10-21(22)29(24(28)27)14-23(30)16-7-9-19(25)20(26)11-16/h3-12,23,27,30H,13-14H2,1-2H3;3-12,27H,13-14H2,1-2H3. The Morgan fingerprint density at radius 3 is 1.56 bits per heavy atom. The average molecular weight is 911 g/mol. The van der Waals surface area contributed by atoms with Crippen LogP contribution in [0.1, 0.15) is 44.3 Å². The summed E-state index contributed by atoms with van der Waals surface area (Å²) in [5.41, 5.74) is 9.51. The molecule has 0 amide bonds. The Kier molecular flexibility index (Phi) is 13.7. The van der Waals surface area contributed by atoms with Gasteiger partial charge in [-0.25, -0.2) is 0 Å². The van der Waals surface area contributed by atoms with Crippen molar-refractivity contribution in [3.05, 3.63) is 186 Å². The zero-order chi connectivity index (χ0) is 44.2. The van der Waals surface area contributed by atoms with Crippen LogP contribution >= 0.6 is 46.4 Å². The van der Waals surface area contributed by atoms with E-state index in [0.717, 1.165) is 44.3 Å². The lowest BCUT2D eigenvalue weighted by atomic mass is 10.1. The van der Waals surface area contributed by atoms with Crippen LogP contribution in [0.3, 0.4) is 0 Å². The molecular weight excluding hydrogens is 866 g/mol. The van der Waals surface area contributed by atoms with Crippen LogP contribution in [0.2, 0.25) is 20.1 Å². The molecule has 8 aromatic rings. The summed E-state index contributed by atoms with van der Waals surface area (Å²) in [5, 5.41) is 30.2.